The van der Waals surface area contributed by atoms with Crippen molar-refractivity contribution >= 4 is 5.91 Å². The highest BCUT2D eigenvalue weighted by atomic mass is 16.5. The summed E-state index contributed by atoms with van der Waals surface area (Å²) in [7, 11) is 1.59. The number of amides is 1. The van der Waals surface area contributed by atoms with E-state index >= 15 is 0 Å². The molecular weight excluding hydrogens is 266 g/mol. The van der Waals surface area contributed by atoms with E-state index in [0.717, 1.165) is 12.8 Å². The zero-order valence-corrected chi connectivity index (χ0v) is 12.7. The number of ether oxygens (including phenoxy) is 1. The molecule has 1 aliphatic rings. The Balaban J connectivity index is 2.02. The van der Waals surface area contributed by atoms with E-state index in [1.54, 1.807) is 19.2 Å². The van der Waals surface area contributed by atoms with Gasteiger partial charge in [0.25, 0.3) is 5.91 Å². The fourth-order valence-corrected chi connectivity index (χ4v) is 3.12. The predicted octanol–water partition coefficient (Wildman–Crippen LogP) is 2.76. The van der Waals surface area contributed by atoms with Gasteiger partial charge in [0.05, 0.1) is 7.11 Å². The molecule has 4 nitrogen and oxygen atoms in total. The minimum absolute atomic E-state index is 0.0639. The molecule has 0 aliphatic heterocycles. The lowest BCUT2D eigenvalue weighted by Gasteiger charge is -2.30. The third-order valence-corrected chi connectivity index (χ3v) is 4.31. The molecule has 0 radical (unpaired) electrons. The van der Waals surface area contributed by atoms with Gasteiger partial charge in [-0.05, 0) is 43.4 Å². The second-order valence-corrected chi connectivity index (χ2v) is 5.72. The maximum absolute atomic E-state index is 12.4. The van der Waals surface area contributed by atoms with Crippen LogP contribution in [0.4, 0.5) is 0 Å². The summed E-state index contributed by atoms with van der Waals surface area (Å²) in [5.41, 5.74) is 0.605. The maximum Gasteiger partial charge on any atom is 0.251 e. The van der Waals surface area contributed by atoms with Gasteiger partial charge in [0.2, 0.25) is 0 Å². The Morgan fingerprint density at radius 3 is 2.81 bits per heavy atom. The van der Waals surface area contributed by atoms with Gasteiger partial charge < -0.3 is 15.2 Å². The van der Waals surface area contributed by atoms with Crippen molar-refractivity contribution in [2.24, 2.45) is 5.92 Å². The zero-order valence-electron chi connectivity index (χ0n) is 12.7. The van der Waals surface area contributed by atoms with Crippen LogP contribution >= 0.6 is 0 Å². The molecule has 116 valence electrons. The van der Waals surface area contributed by atoms with Crippen LogP contribution in [0.1, 0.15) is 48.9 Å². The number of methoxy groups -OCH3 is 1. The van der Waals surface area contributed by atoms with Gasteiger partial charge in [-0.1, -0.05) is 25.3 Å². The average molecular weight is 291 g/mol. The first kappa shape index (κ1) is 15.8. The second-order valence-electron chi connectivity index (χ2n) is 5.72. The van der Waals surface area contributed by atoms with E-state index in [9.17, 15) is 9.90 Å². The highest BCUT2D eigenvalue weighted by Crippen LogP contribution is 2.28. The number of aliphatic hydroxyl groups is 1. The molecule has 1 amide bonds. The van der Waals surface area contributed by atoms with Crippen molar-refractivity contribution in [3.8, 4) is 5.75 Å². The number of rotatable bonds is 6. The van der Waals surface area contributed by atoms with Gasteiger partial charge in [-0.15, -0.1) is 0 Å². The van der Waals surface area contributed by atoms with Crippen molar-refractivity contribution in [2.45, 2.75) is 44.6 Å². The van der Waals surface area contributed by atoms with Gasteiger partial charge in [-0.25, -0.2) is 0 Å². The first-order chi connectivity index (χ1) is 10.2. The molecule has 1 fully saturated rings. The molecule has 1 unspecified atom stereocenters. The fraction of sp³-hybridized carbons (Fsp3) is 0.588. The highest BCUT2D eigenvalue weighted by molar-refractivity contribution is 5.94. The van der Waals surface area contributed by atoms with Gasteiger partial charge in [0, 0.05) is 18.2 Å². The van der Waals surface area contributed by atoms with Crippen molar-refractivity contribution in [1.29, 1.82) is 0 Å². The molecule has 2 N–H and O–H groups in total. The Morgan fingerprint density at radius 1 is 1.38 bits per heavy atom. The Hall–Kier alpha value is -1.55. The number of hydrogen-bond acceptors (Lipinski definition) is 3. The standard InChI is InChI=1S/C17H25NO3/c1-21-15-9-5-8-14(12-15)17(20)18-16(10-11-19)13-6-3-2-4-7-13/h5,8-9,12-13,16,19H,2-4,6-7,10-11H2,1H3,(H,18,20). The van der Waals surface area contributed by atoms with Crippen LogP contribution in [0.5, 0.6) is 5.75 Å². The lowest BCUT2D eigenvalue weighted by atomic mass is 9.82. The summed E-state index contributed by atoms with van der Waals surface area (Å²) in [5, 5.41) is 12.4. The minimum Gasteiger partial charge on any atom is -0.497 e. The first-order valence-corrected chi connectivity index (χ1v) is 7.80. The summed E-state index contributed by atoms with van der Waals surface area (Å²) >= 11 is 0. The van der Waals surface area contributed by atoms with E-state index in [1.807, 2.05) is 12.1 Å². The summed E-state index contributed by atoms with van der Waals surface area (Å²) in [6, 6.07) is 7.23. The third kappa shape index (κ3) is 4.46. The monoisotopic (exact) mass is 291 g/mol. The Bertz CT molecular complexity index is 455. The smallest absolute Gasteiger partial charge is 0.251 e. The van der Waals surface area contributed by atoms with Crippen LogP contribution in [0.15, 0.2) is 24.3 Å². The van der Waals surface area contributed by atoms with E-state index in [1.165, 1.54) is 19.3 Å². The zero-order chi connectivity index (χ0) is 15.1. The molecule has 0 saturated heterocycles. The van der Waals surface area contributed by atoms with Crippen molar-refractivity contribution in [1.82, 2.24) is 5.32 Å². The van der Waals surface area contributed by atoms with Gasteiger partial charge in [-0.3, -0.25) is 4.79 Å². The molecule has 0 bridgehead atoms. The van der Waals surface area contributed by atoms with Gasteiger partial charge in [0.1, 0.15) is 5.75 Å². The van der Waals surface area contributed by atoms with Crippen LogP contribution in [0, 0.1) is 5.92 Å². The number of nitrogens with one attached hydrogen (secondary N) is 1. The molecular formula is C17H25NO3. The molecule has 2 rings (SSSR count). The SMILES string of the molecule is COc1cccc(C(=O)NC(CCO)C2CCCCC2)c1. The number of aliphatic hydroxyl groups excluding tert-OH is 1. The van der Waals surface area contributed by atoms with E-state index in [4.69, 9.17) is 4.74 Å². The van der Waals surface area contributed by atoms with Gasteiger partial charge >= 0.3 is 0 Å². The van der Waals surface area contributed by atoms with Crippen molar-refractivity contribution in [3.05, 3.63) is 29.8 Å². The molecule has 1 aromatic carbocycles. The van der Waals surface area contributed by atoms with Gasteiger partial charge in [-0.2, -0.15) is 0 Å². The second kappa shape index (κ2) is 8.03. The topological polar surface area (TPSA) is 58.6 Å². The molecule has 1 aliphatic carbocycles. The fourth-order valence-electron chi connectivity index (χ4n) is 3.12. The number of benzene rings is 1. The van der Waals surface area contributed by atoms with E-state index < -0.39 is 0 Å². The van der Waals surface area contributed by atoms with E-state index in [0.29, 0.717) is 23.7 Å². The summed E-state index contributed by atoms with van der Waals surface area (Å²) < 4.78 is 5.15. The lowest BCUT2D eigenvalue weighted by molar-refractivity contribution is 0.0899. The van der Waals surface area contributed by atoms with E-state index in [2.05, 4.69) is 5.32 Å². The maximum atomic E-state index is 12.4. The molecule has 0 aromatic heterocycles. The lowest BCUT2D eigenvalue weighted by Crippen LogP contribution is -2.41. The molecule has 0 heterocycles. The van der Waals surface area contributed by atoms with Crippen LogP contribution in [-0.4, -0.2) is 30.8 Å². The normalized spacial score (nSPS) is 17.2. The third-order valence-electron chi connectivity index (χ3n) is 4.31. The first-order valence-electron chi connectivity index (χ1n) is 7.80. The van der Waals surface area contributed by atoms with Crippen LogP contribution in [0.25, 0.3) is 0 Å². The summed E-state index contributed by atoms with van der Waals surface area (Å²) in [6.45, 7) is 0.111. The molecule has 1 atom stereocenters. The molecule has 1 aromatic rings. The quantitative estimate of drug-likeness (QED) is 0.847. The number of carbonyl (C=O) groups is 1. The van der Waals surface area contributed by atoms with Crippen LogP contribution in [0.3, 0.4) is 0 Å². The number of carbonyl (C=O) groups excluding carboxylic acids is 1. The largest absolute Gasteiger partial charge is 0.497 e. The highest BCUT2D eigenvalue weighted by Gasteiger charge is 2.25. The molecule has 21 heavy (non-hydrogen) atoms. The molecule has 4 heteroatoms. The molecule has 1 saturated carbocycles. The number of hydrogen-bond donors (Lipinski definition) is 2. The summed E-state index contributed by atoms with van der Waals surface area (Å²) in [6.07, 6.45) is 6.64. The Labute approximate surface area is 126 Å². The summed E-state index contributed by atoms with van der Waals surface area (Å²) in [4.78, 5) is 12.4. The van der Waals surface area contributed by atoms with Crippen LogP contribution < -0.4 is 10.1 Å². The van der Waals surface area contributed by atoms with Crippen LogP contribution in [0.2, 0.25) is 0 Å². The minimum atomic E-state index is -0.0853. The predicted molar refractivity (Wildman–Crippen MR) is 82.5 cm³/mol. The average Bonchev–Trinajstić information content (AvgIpc) is 2.55. The van der Waals surface area contributed by atoms with Crippen LogP contribution in [-0.2, 0) is 0 Å². The van der Waals surface area contributed by atoms with Crippen molar-refractivity contribution in [3.63, 3.8) is 0 Å². The van der Waals surface area contributed by atoms with Crippen molar-refractivity contribution in [2.75, 3.05) is 13.7 Å². The van der Waals surface area contributed by atoms with E-state index in [-0.39, 0.29) is 18.6 Å². The Kier molecular flexibility index (Phi) is 6.05. The van der Waals surface area contributed by atoms with Gasteiger partial charge in [0.15, 0.2) is 0 Å². The Morgan fingerprint density at radius 2 is 2.14 bits per heavy atom. The van der Waals surface area contributed by atoms with Crippen molar-refractivity contribution < 1.29 is 14.6 Å². The molecule has 0 spiro atoms. The summed E-state index contributed by atoms with van der Waals surface area (Å²) in [5.74, 6) is 1.08.